The molecule has 0 saturated carbocycles. The summed E-state index contributed by atoms with van der Waals surface area (Å²) < 4.78 is 10.5. The van der Waals surface area contributed by atoms with E-state index in [2.05, 4.69) is 15.2 Å². The van der Waals surface area contributed by atoms with Crippen LogP contribution in [-0.2, 0) is 5.75 Å². The predicted octanol–water partition coefficient (Wildman–Crippen LogP) is 3.78. The van der Waals surface area contributed by atoms with E-state index < -0.39 is 0 Å². The van der Waals surface area contributed by atoms with E-state index in [0.717, 1.165) is 34.2 Å². The van der Waals surface area contributed by atoms with Crippen LogP contribution in [0.15, 0.2) is 53.7 Å². The second kappa shape index (κ2) is 7.19. The number of para-hydroxylation sites is 1. The normalized spacial score (nSPS) is 10.5. The lowest BCUT2D eigenvalue weighted by Gasteiger charge is -2.05. The Balaban J connectivity index is 1.69. The number of H-pyrrole nitrogens is 1. The molecule has 0 unspecified atom stereocenters. The summed E-state index contributed by atoms with van der Waals surface area (Å²) in [5, 5.41) is 7.94. The molecular formula is C17H17N3O2S. The zero-order chi connectivity index (χ0) is 16.1. The minimum atomic E-state index is 0.710. The van der Waals surface area contributed by atoms with Crippen molar-refractivity contribution in [3.8, 4) is 22.9 Å². The molecule has 5 nitrogen and oxygen atoms in total. The fourth-order valence-corrected chi connectivity index (χ4v) is 2.94. The maximum absolute atomic E-state index is 5.36. The minimum absolute atomic E-state index is 0.710. The summed E-state index contributed by atoms with van der Waals surface area (Å²) >= 11 is 1.57. The van der Waals surface area contributed by atoms with E-state index in [1.165, 1.54) is 0 Å². The highest BCUT2D eigenvalue weighted by molar-refractivity contribution is 7.98. The number of thioether (sulfide) groups is 1. The molecule has 0 aliphatic carbocycles. The lowest BCUT2D eigenvalue weighted by Crippen LogP contribution is -1.89. The molecule has 1 heterocycles. The van der Waals surface area contributed by atoms with Crippen molar-refractivity contribution in [3.63, 3.8) is 0 Å². The average molecular weight is 327 g/mol. The van der Waals surface area contributed by atoms with Crippen LogP contribution < -0.4 is 9.47 Å². The molecule has 0 atom stereocenters. The molecule has 3 aromatic rings. The van der Waals surface area contributed by atoms with Crippen molar-refractivity contribution >= 4 is 11.8 Å². The van der Waals surface area contributed by atoms with Gasteiger partial charge in [0.1, 0.15) is 11.5 Å². The van der Waals surface area contributed by atoms with Crippen molar-refractivity contribution in [1.29, 1.82) is 0 Å². The Bertz CT molecular complexity index is 772. The third-order valence-corrected chi connectivity index (χ3v) is 4.27. The molecule has 1 N–H and O–H groups in total. The van der Waals surface area contributed by atoms with Crippen LogP contribution in [-0.4, -0.2) is 29.4 Å². The van der Waals surface area contributed by atoms with Crippen LogP contribution in [0.3, 0.4) is 0 Å². The van der Waals surface area contributed by atoms with Crippen LogP contribution >= 0.6 is 11.8 Å². The number of benzene rings is 2. The number of aromatic amines is 1. The molecule has 0 bridgehead atoms. The number of methoxy groups -OCH3 is 2. The van der Waals surface area contributed by atoms with Crippen LogP contribution in [0.4, 0.5) is 0 Å². The maximum Gasteiger partial charge on any atom is 0.209 e. The molecule has 3 rings (SSSR count). The Morgan fingerprint density at radius 3 is 2.52 bits per heavy atom. The quantitative estimate of drug-likeness (QED) is 0.698. The van der Waals surface area contributed by atoms with Gasteiger partial charge in [-0.3, -0.25) is 5.10 Å². The van der Waals surface area contributed by atoms with Crippen LogP contribution in [0.2, 0.25) is 0 Å². The van der Waals surface area contributed by atoms with Gasteiger partial charge in [-0.15, -0.1) is 5.10 Å². The molecule has 23 heavy (non-hydrogen) atoms. The third kappa shape index (κ3) is 3.65. The van der Waals surface area contributed by atoms with Crippen molar-refractivity contribution in [3.05, 3.63) is 54.1 Å². The number of ether oxygens (including phenoxy) is 2. The summed E-state index contributed by atoms with van der Waals surface area (Å²) in [6.07, 6.45) is 0. The summed E-state index contributed by atoms with van der Waals surface area (Å²) in [5.41, 5.74) is 2.10. The fourth-order valence-electron chi connectivity index (χ4n) is 2.15. The molecule has 118 valence electrons. The van der Waals surface area contributed by atoms with Gasteiger partial charge in [0.2, 0.25) is 5.16 Å². The number of aromatic nitrogens is 3. The van der Waals surface area contributed by atoms with E-state index in [9.17, 15) is 0 Å². The Hall–Kier alpha value is -2.47. The highest BCUT2D eigenvalue weighted by atomic mass is 32.2. The van der Waals surface area contributed by atoms with Gasteiger partial charge in [0.05, 0.1) is 14.2 Å². The van der Waals surface area contributed by atoms with Gasteiger partial charge in [-0.2, -0.15) is 0 Å². The molecule has 0 amide bonds. The number of nitrogens with one attached hydrogen (secondary N) is 1. The molecule has 0 fully saturated rings. The molecule has 0 aliphatic rings. The highest BCUT2D eigenvalue weighted by Crippen LogP contribution is 2.27. The van der Waals surface area contributed by atoms with Crippen molar-refractivity contribution < 1.29 is 9.47 Å². The maximum atomic E-state index is 5.36. The number of hydrogen-bond donors (Lipinski definition) is 1. The SMILES string of the molecule is COc1ccc(-c2nc(SCc3ccccc3OC)n[nH]2)cc1. The average Bonchev–Trinajstić information content (AvgIpc) is 3.09. The molecule has 6 heteroatoms. The monoisotopic (exact) mass is 327 g/mol. The van der Waals surface area contributed by atoms with E-state index >= 15 is 0 Å². The van der Waals surface area contributed by atoms with Gasteiger partial charge < -0.3 is 9.47 Å². The van der Waals surface area contributed by atoms with E-state index in [1.807, 2.05) is 48.5 Å². The largest absolute Gasteiger partial charge is 0.497 e. The minimum Gasteiger partial charge on any atom is -0.497 e. The molecular weight excluding hydrogens is 310 g/mol. The molecule has 0 radical (unpaired) electrons. The first-order valence-corrected chi connectivity index (χ1v) is 8.10. The van der Waals surface area contributed by atoms with Gasteiger partial charge in [-0.25, -0.2) is 4.98 Å². The molecule has 0 aliphatic heterocycles. The van der Waals surface area contributed by atoms with Crippen molar-refractivity contribution in [2.45, 2.75) is 10.9 Å². The Morgan fingerprint density at radius 2 is 1.78 bits per heavy atom. The smallest absolute Gasteiger partial charge is 0.209 e. The van der Waals surface area contributed by atoms with Crippen LogP contribution in [0.5, 0.6) is 11.5 Å². The van der Waals surface area contributed by atoms with Gasteiger partial charge in [0.15, 0.2) is 5.82 Å². The Morgan fingerprint density at radius 1 is 1.00 bits per heavy atom. The second-order valence-corrected chi connectivity index (χ2v) is 5.74. The standard InChI is InChI=1S/C17H17N3O2S/c1-21-14-9-7-12(8-10-14)16-18-17(20-19-16)23-11-13-5-3-4-6-15(13)22-2/h3-10H,11H2,1-2H3,(H,18,19,20). The molecule has 1 aromatic heterocycles. The second-order valence-electron chi connectivity index (χ2n) is 4.80. The highest BCUT2D eigenvalue weighted by Gasteiger charge is 2.08. The predicted molar refractivity (Wildman–Crippen MR) is 90.9 cm³/mol. The lowest BCUT2D eigenvalue weighted by molar-refractivity contribution is 0.411. The number of rotatable bonds is 6. The summed E-state index contributed by atoms with van der Waals surface area (Å²) in [7, 11) is 3.33. The summed E-state index contributed by atoms with van der Waals surface area (Å²) in [5.74, 6) is 3.20. The molecule has 2 aromatic carbocycles. The van der Waals surface area contributed by atoms with Crippen molar-refractivity contribution in [2.24, 2.45) is 0 Å². The third-order valence-electron chi connectivity index (χ3n) is 3.38. The molecule has 0 spiro atoms. The summed E-state index contributed by atoms with van der Waals surface area (Å²) in [6, 6.07) is 15.7. The van der Waals surface area contributed by atoms with Gasteiger partial charge in [-0.05, 0) is 30.3 Å². The van der Waals surface area contributed by atoms with Crippen LogP contribution in [0.25, 0.3) is 11.4 Å². The summed E-state index contributed by atoms with van der Waals surface area (Å²) in [4.78, 5) is 4.52. The van der Waals surface area contributed by atoms with E-state index in [4.69, 9.17) is 9.47 Å². The number of nitrogens with zero attached hydrogens (tertiary/aromatic N) is 2. The first kappa shape index (κ1) is 15.4. The molecule has 0 saturated heterocycles. The zero-order valence-electron chi connectivity index (χ0n) is 12.9. The van der Waals surface area contributed by atoms with Gasteiger partial charge in [0.25, 0.3) is 0 Å². The topological polar surface area (TPSA) is 60.0 Å². The van der Waals surface area contributed by atoms with Gasteiger partial charge in [0, 0.05) is 16.9 Å². The Kier molecular flexibility index (Phi) is 4.83. The van der Waals surface area contributed by atoms with Crippen molar-refractivity contribution in [1.82, 2.24) is 15.2 Å². The van der Waals surface area contributed by atoms with Gasteiger partial charge in [-0.1, -0.05) is 30.0 Å². The van der Waals surface area contributed by atoms with Crippen molar-refractivity contribution in [2.75, 3.05) is 14.2 Å². The Labute approximate surface area is 139 Å². The zero-order valence-corrected chi connectivity index (χ0v) is 13.8. The first-order chi connectivity index (χ1) is 11.3. The van der Waals surface area contributed by atoms with E-state index in [0.29, 0.717) is 5.16 Å². The van der Waals surface area contributed by atoms with Crippen LogP contribution in [0.1, 0.15) is 5.56 Å². The van der Waals surface area contributed by atoms with Gasteiger partial charge >= 0.3 is 0 Å². The summed E-state index contributed by atoms with van der Waals surface area (Å²) in [6.45, 7) is 0. The first-order valence-electron chi connectivity index (χ1n) is 7.11. The fraction of sp³-hybridized carbons (Fsp3) is 0.176. The number of hydrogen-bond acceptors (Lipinski definition) is 5. The lowest BCUT2D eigenvalue weighted by atomic mass is 10.2. The van der Waals surface area contributed by atoms with Crippen LogP contribution in [0, 0.1) is 0 Å². The van der Waals surface area contributed by atoms with E-state index in [1.54, 1.807) is 26.0 Å². The van der Waals surface area contributed by atoms with E-state index in [-0.39, 0.29) is 0 Å².